The van der Waals surface area contributed by atoms with Gasteiger partial charge in [-0.3, -0.25) is 0 Å². The maximum absolute atomic E-state index is 4.67. The van der Waals surface area contributed by atoms with E-state index in [2.05, 4.69) is 31.6 Å². The summed E-state index contributed by atoms with van der Waals surface area (Å²) < 4.78 is 0. The number of nitrogens with zero attached hydrogens (tertiary/aromatic N) is 5. The number of aromatic nitrogens is 4. The van der Waals surface area contributed by atoms with Crippen molar-refractivity contribution in [1.29, 1.82) is 0 Å². The summed E-state index contributed by atoms with van der Waals surface area (Å²) in [5.74, 6) is 1.54. The summed E-state index contributed by atoms with van der Waals surface area (Å²) in [6.45, 7) is 5.51. The van der Waals surface area contributed by atoms with Crippen molar-refractivity contribution in [3.05, 3.63) is 28.5 Å². The van der Waals surface area contributed by atoms with Crippen molar-refractivity contribution in [3.8, 4) is 22.0 Å². The zero-order chi connectivity index (χ0) is 15.1. The summed E-state index contributed by atoms with van der Waals surface area (Å²) in [5, 5.41) is 5.54. The molecule has 1 fully saturated rings. The van der Waals surface area contributed by atoms with Gasteiger partial charge in [0.05, 0.1) is 11.3 Å². The molecular formula is C15H13N5S2. The fraction of sp³-hybridized carbons (Fsp3) is 0.267. The predicted molar refractivity (Wildman–Crippen MR) is 90.2 cm³/mol. The Morgan fingerprint density at radius 2 is 1.91 bits per heavy atom. The van der Waals surface area contributed by atoms with Crippen LogP contribution in [0.2, 0.25) is 0 Å². The molecule has 0 unspecified atom stereocenters. The molecule has 0 bridgehead atoms. The van der Waals surface area contributed by atoms with E-state index in [1.54, 1.807) is 11.3 Å². The highest BCUT2D eigenvalue weighted by molar-refractivity contribution is 7.14. The molecule has 7 heteroatoms. The van der Waals surface area contributed by atoms with E-state index in [4.69, 9.17) is 0 Å². The number of hydrogen-bond acceptors (Lipinski definition) is 7. The summed E-state index contributed by atoms with van der Waals surface area (Å²) in [7, 11) is 0. The third-order valence-corrected chi connectivity index (χ3v) is 5.21. The fourth-order valence-electron chi connectivity index (χ4n) is 2.20. The van der Waals surface area contributed by atoms with Gasteiger partial charge in [0.2, 0.25) is 5.13 Å². The lowest BCUT2D eigenvalue weighted by Gasteiger charge is -2.03. The standard InChI is InChI=1S/C15H13N5S2/c1-8-10(5-17-13(18-8)9-3-4-9)14-19-11(6-21-14)12-7-22-15(16-2)20-12/h5-7,9H,2-4H2,1H3. The van der Waals surface area contributed by atoms with Gasteiger partial charge in [0.1, 0.15) is 22.2 Å². The van der Waals surface area contributed by atoms with Gasteiger partial charge < -0.3 is 0 Å². The molecule has 3 heterocycles. The summed E-state index contributed by atoms with van der Waals surface area (Å²) >= 11 is 3.05. The lowest BCUT2D eigenvalue weighted by Crippen LogP contribution is -1.97. The summed E-state index contributed by atoms with van der Waals surface area (Å²) in [5.41, 5.74) is 3.68. The van der Waals surface area contributed by atoms with Gasteiger partial charge >= 0.3 is 0 Å². The Kier molecular flexibility index (Phi) is 3.31. The van der Waals surface area contributed by atoms with Crippen molar-refractivity contribution < 1.29 is 0 Å². The Bertz CT molecular complexity index is 847. The molecule has 1 aliphatic rings. The number of aliphatic imine (C=N–C) groups is 1. The molecule has 3 aromatic heterocycles. The molecular weight excluding hydrogens is 314 g/mol. The molecule has 0 atom stereocenters. The van der Waals surface area contributed by atoms with E-state index >= 15 is 0 Å². The molecule has 4 rings (SSSR count). The van der Waals surface area contributed by atoms with Crippen LogP contribution in [-0.4, -0.2) is 26.7 Å². The molecule has 0 amide bonds. The topological polar surface area (TPSA) is 63.9 Å². The van der Waals surface area contributed by atoms with Crippen molar-refractivity contribution in [3.63, 3.8) is 0 Å². The van der Waals surface area contributed by atoms with Crippen molar-refractivity contribution in [1.82, 2.24) is 19.9 Å². The van der Waals surface area contributed by atoms with Crippen LogP contribution in [0.5, 0.6) is 0 Å². The maximum atomic E-state index is 4.67. The lowest BCUT2D eigenvalue weighted by molar-refractivity contribution is 0.908. The first-order chi connectivity index (χ1) is 10.7. The van der Waals surface area contributed by atoms with Crippen LogP contribution in [-0.2, 0) is 0 Å². The third kappa shape index (κ3) is 2.46. The summed E-state index contributed by atoms with van der Waals surface area (Å²) in [4.78, 5) is 22.0. The molecule has 1 saturated carbocycles. The van der Waals surface area contributed by atoms with E-state index in [1.165, 1.54) is 24.2 Å². The number of thiazole rings is 2. The van der Waals surface area contributed by atoms with E-state index < -0.39 is 0 Å². The van der Waals surface area contributed by atoms with E-state index in [-0.39, 0.29) is 0 Å². The van der Waals surface area contributed by atoms with Crippen LogP contribution in [0, 0.1) is 6.92 Å². The molecule has 0 spiro atoms. The molecule has 0 saturated heterocycles. The molecule has 0 N–H and O–H groups in total. The zero-order valence-corrected chi connectivity index (χ0v) is 13.6. The van der Waals surface area contributed by atoms with Gasteiger partial charge in [0.15, 0.2) is 0 Å². The SMILES string of the molecule is C=Nc1nc(-c2csc(-c3cnc(C4CC4)nc3C)n2)cs1. The largest absolute Gasteiger partial charge is 0.240 e. The lowest BCUT2D eigenvalue weighted by atomic mass is 10.2. The van der Waals surface area contributed by atoms with Crippen molar-refractivity contribution in [2.24, 2.45) is 4.99 Å². The predicted octanol–water partition coefficient (Wildman–Crippen LogP) is 4.24. The minimum Gasteiger partial charge on any atom is -0.240 e. The van der Waals surface area contributed by atoms with Crippen LogP contribution in [0.3, 0.4) is 0 Å². The Morgan fingerprint density at radius 1 is 1.14 bits per heavy atom. The van der Waals surface area contributed by atoms with Gasteiger partial charge in [-0.1, -0.05) is 0 Å². The Labute approximate surface area is 135 Å². The quantitative estimate of drug-likeness (QED) is 0.672. The second kappa shape index (κ2) is 5.33. The normalized spacial score (nSPS) is 14.2. The monoisotopic (exact) mass is 327 g/mol. The fourth-order valence-corrected chi connectivity index (χ4v) is 3.69. The van der Waals surface area contributed by atoms with Crippen LogP contribution in [0.4, 0.5) is 5.13 Å². The van der Waals surface area contributed by atoms with Crippen LogP contribution < -0.4 is 0 Å². The highest BCUT2D eigenvalue weighted by Gasteiger charge is 2.27. The highest BCUT2D eigenvalue weighted by atomic mass is 32.1. The molecule has 5 nitrogen and oxygen atoms in total. The first-order valence-corrected chi connectivity index (χ1v) is 8.72. The van der Waals surface area contributed by atoms with Gasteiger partial charge in [-0.05, 0) is 26.5 Å². The second-order valence-corrected chi connectivity index (χ2v) is 6.91. The number of rotatable bonds is 4. The molecule has 0 aliphatic heterocycles. The molecule has 3 aromatic rings. The average molecular weight is 327 g/mol. The summed E-state index contributed by atoms with van der Waals surface area (Å²) in [6.07, 6.45) is 4.32. The van der Waals surface area contributed by atoms with E-state index in [1.807, 2.05) is 23.9 Å². The number of aryl methyl sites for hydroxylation is 1. The molecule has 110 valence electrons. The van der Waals surface area contributed by atoms with Gasteiger partial charge in [-0.2, -0.15) is 0 Å². The first kappa shape index (κ1) is 13.7. The van der Waals surface area contributed by atoms with E-state index in [0.717, 1.165) is 33.5 Å². The Hall–Kier alpha value is -1.99. The minimum absolute atomic E-state index is 0.569. The minimum atomic E-state index is 0.569. The number of hydrogen-bond donors (Lipinski definition) is 0. The van der Waals surface area contributed by atoms with E-state index in [9.17, 15) is 0 Å². The highest BCUT2D eigenvalue weighted by Crippen LogP contribution is 2.39. The molecule has 0 aromatic carbocycles. The zero-order valence-electron chi connectivity index (χ0n) is 12.0. The van der Waals surface area contributed by atoms with Crippen LogP contribution >= 0.6 is 22.7 Å². The van der Waals surface area contributed by atoms with Crippen LogP contribution in [0.1, 0.15) is 30.3 Å². The second-order valence-electron chi connectivity index (χ2n) is 5.21. The Balaban J connectivity index is 1.67. The van der Waals surface area contributed by atoms with Crippen LogP contribution in [0.25, 0.3) is 22.0 Å². The smallest absolute Gasteiger partial charge is 0.209 e. The molecule has 22 heavy (non-hydrogen) atoms. The maximum Gasteiger partial charge on any atom is 0.209 e. The van der Waals surface area contributed by atoms with Gasteiger partial charge in [-0.25, -0.2) is 24.9 Å². The average Bonchev–Trinajstić information content (AvgIpc) is 3.08. The van der Waals surface area contributed by atoms with Crippen molar-refractivity contribution in [2.75, 3.05) is 0 Å². The first-order valence-electron chi connectivity index (χ1n) is 6.96. The van der Waals surface area contributed by atoms with E-state index in [0.29, 0.717) is 11.0 Å². The van der Waals surface area contributed by atoms with Gasteiger partial charge in [-0.15, -0.1) is 22.7 Å². The molecule has 1 aliphatic carbocycles. The van der Waals surface area contributed by atoms with Crippen molar-refractivity contribution >= 4 is 34.5 Å². The summed E-state index contributed by atoms with van der Waals surface area (Å²) in [6, 6.07) is 0. The van der Waals surface area contributed by atoms with Crippen LogP contribution in [0.15, 0.2) is 21.9 Å². The Morgan fingerprint density at radius 3 is 2.59 bits per heavy atom. The van der Waals surface area contributed by atoms with Crippen molar-refractivity contribution in [2.45, 2.75) is 25.7 Å². The molecule has 0 radical (unpaired) electrons. The van der Waals surface area contributed by atoms with Gasteiger partial charge in [0.25, 0.3) is 0 Å². The third-order valence-electron chi connectivity index (χ3n) is 3.56. The van der Waals surface area contributed by atoms with Gasteiger partial charge in [0, 0.05) is 22.9 Å².